The fraction of sp³-hybridized carbons (Fsp3) is 0.231. The number of hydrogen-bond acceptors (Lipinski definition) is 3. The summed E-state index contributed by atoms with van der Waals surface area (Å²) in [7, 11) is 0. The Labute approximate surface area is 122 Å². The molecule has 0 fully saturated rings. The van der Waals surface area contributed by atoms with Crippen LogP contribution in [-0.4, -0.2) is 15.7 Å². The Bertz CT molecular complexity index is 739. The molecule has 0 unspecified atom stereocenters. The molecule has 2 N–H and O–H groups in total. The number of rotatable bonds is 4. The molecule has 2 rings (SSSR count). The average molecular weight is 342 g/mol. The van der Waals surface area contributed by atoms with E-state index in [1.165, 1.54) is 29.0 Å². The lowest BCUT2D eigenvalue weighted by molar-refractivity contribution is 0.577. The summed E-state index contributed by atoms with van der Waals surface area (Å²) in [6, 6.07) is 5.55. The van der Waals surface area contributed by atoms with Gasteiger partial charge in [-0.1, -0.05) is 22.0 Å². The van der Waals surface area contributed by atoms with Crippen LogP contribution in [0.1, 0.15) is 5.56 Å². The summed E-state index contributed by atoms with van der Waals surface area (Å²) in [5, 5.41) is 0. The third-order valence-electron chi connectivity index (χ3n) is 2.85. The maximum Gasteiger partial charge on any atom is 0.331 e. The molecule has 0 bridgehead atoms. The van der Waals surface area contributed by atoms with Crippen LogP contribution in [0.15, 0.2) is 44.5 Å². The molecule has 0 atom stereocenters. The molecule has 0 aliphatic heterocycles. The van der Waals surface area contributed by atoms with Crippen LogP contribution in [0, 0.1) is 5.82 Å². The highest BCUT2D eigenvalue weighted by molar-refractivity contribution is 9.10. The molecule has 0 radical (unpaired) electrons. The summed E-state index contributed by atoms with van der Waals surface area (Å²) in [4.78, 5) is 23.7. The van der Waals surface area contributed by atoms with Crippen LogP contribution in [0.5, 0.6) is 0 Å². The zero-order chi connectivity index (χ0) is 14.7. The molecule has 1 aromatic heterocycles. The minimum atomic E-state index is -0.431. The van der Waals surface area contributed by atoms with E-state index in [0.717, 1.165) is 10.1 Å². The molecule has 7 heteroatoms. The lowest BCUT2D eigenvalue weighted by Gasteiger charge is -2.10. The van der Waals surface area contributed by atoms with Crippen molar-refractivity contribution in [2.45, 2.75) is 13.1 Å². The summed E-state index contributed by atoms with van der Waals surface area (Å²) < 4.78 is 16.1. The minimum Gasteiger partial charge on any atom is -0.329 e. The first-order valence-corrected chi connectivity index (χ1v) is 6.76. The van der Waals surface area contributed by atoms with Crippen LogP contribution in [0.2, 0.25) is 0 Å². The first-order valence-electron chi connectivity index (χ1n) is 5.97. The Kier molecular flexibility index (Phi) is 4.51. The normalized spacial score (nSPS) is 10.8. The first kappa shape index (κ1) is 14.7. The van der Waals surface area contributed by atoms with Gasteiger partial charge in [-0.15, -0.1) is 0 Å². The summed E-state index contributed by atoms with van der Waals surface area (Å²) >= 11 is 3.25. The highest BCUT2D eigenvalue weighted by Crippen LogP contribution is 2.18. The van der Waals surface area contributed by atoms with Crippen molar-refractivity contribution in [3.63, 3.8) is 0 Å². The second-order valence-corrected chi connectivity index (χ2v) is 5.09. The fourth-order valence-corrected chi connectivity index (χ4v) is 2.32. The van der Waals surface area contributed by atoms with E-state index in [9.17, 15) is 14.0 Å². The highest BCUT2D eigenvalue weighted by Gasteiger charge is 2.07. The molecular formula is C13H13BrFN3O2. The zero-order valence-corrected chi connectivity index (χ0v) is 12.1. The van der Waals surface area contributed by atoms with E-state index in [1.54, 1.807) is 6.07 Å². The van der Waals surface area contributed by atoms with Gasteiger partial charge in [0.2, 0.25) is 0 Å². The standard InChI is InChI=1S/C13H13BrFN3O2/c14-11-7-10(15)2-1-9(11)8-17-5-3-12(19)18(6-4-16)13(17)20/h1-3,5,7H,4,6,8,16H2. The monoisotopic (exact) mass is 341 g/mol. The van der Waals surface area contributed by atoms with Crippen molar-refractivity contribution in [1.29, 1.82) is 0 Å². The van der Waals surface area contributed by atoms with E-state index < -0.39 is 5.69 Å². The van der Waals surface area contributed by atoms with Gasteiger partial charge in [0, 0.05) is 29.8 Å². The van der Waals surface area contributed by atoms with Gasteiger partial charge in [-0.2, -0.15) is 0 Å². The minimum absolute atomic E-state index is 0.170. The van der Waals surface area contributed by atoms with E-state index in [4.69, 9.17) is 5.73 Å². The lowest BCUT2D eigenvalue weighted by Crippen LogP contribution is -2.40. The van der Waals surface area contributed by atoms with Crippen LogP contribution in [-0.2, 0) is 13.1 Å². The molecule has 5 nitrogen and oxygen atoms in total. The summed E-state index contributed by atoms with van der Waals surface area (Å²) in [6.45, 7) is 0.618. The molecule has 0 saturated carbocycles. The molecule has 0 saturated heterocycles. The second kappa shape index (κ2) is 6.15. The zero-order valence-electron chi connectivity index (χ0n) is 10.6. The quantitative estimate of drug-likeness (QED) is 0.898. The van der Waals surface area contributed by atoms with Gasteiger partial charge in [0.25, 0.3) is 5.56 Å². The van der Waals surface area contributed by atoms with Crippen molar-refractivity contribution in [3.05, 3.63) is 67.2 Å². The molecule has 20 heavy (non-hydrogen) atoms. The van der Waals surface area contributed by atoms with Gasteiger partial charge < -0.3 is 5.73 Å². The maximum atomic E-state index is 13.0. The first-order chi connectivity index (χ1) is 9.52. The SMILES string of the molecule is NCCn1c(=O)ccn(Cc2ccc(F)cc2Br)c1=O. The predicted molar refractivity (Wildman–Crippen MR) is 77.2 cm³/mol. The van der Waals surface area contributed by atoms with E-state index >= 15 is 0 Å². The molecule has 0 aliphatic carbocycles. The van der Waals surface area contributed by atoms with Crippen LogP contribution >= 0.6 is 15.9 Å². The maximum absolute atomic E-state index is 13.0. The molecule has 2 aromatic rings. The van der Waals surface area contributed by atoms with Crippen molar-refractivity contribution in [2.75, 3.05) is 6.54 Å². The van der Waals surface area contributed by atoms with Crippen LogP contribution < -0.4 is 17.0 Å². The Morgan fingerprint density at radius 2 is 2.00 bits per heavy atom. The predicted octanol–water partition coefficient (Wildman–Crippen LogP) is 0.919. The van der Waals surface area contributed by atoms with Gasteiger partial charge in [0.15, 0.2) is 0 Å². The number of benzene rings is 1. The van der Waals surface area contributed by atoms with Gasteiger partial charge in [-0.05, 0) is 17.7 Å². The topological polar surface area (TPSA) is 70.0 Å². The van der Waals surface area contributed by atoms with Gasteiger partial charge >= 0.3 is 5.69 Å². The third kappa shape index (κ3) is 3.05. The summed E-state index contributed by atoms with van der Waals surface area (Å²) in [5.74, 6) is -0.360. The molecule has 1 aromatic carbocycles. The van der Waals surface area contributed by atoms with Crippen molar-refractivity contribution < 1.29 is 4.39 Å². The Hall–Kier alpha value is -1.73. The summed E-state index contributed by atoms with van der Waals surface area (Å²) in [5.41, 5.74) is 5.32. The second-order valence-electron chi connectivity index (χ2n) is 4.24. The van der Waals surface area contributed by atoms with Crippen LogP contribution in [0.4, 0.5) is 4.39 Å². The fourth-order valence-electron chi connectivity index (χ4n) is 1.85. The molecule has 1 heterocycles. The number of nitrogens with two attached hydrogens (primary N) is 1. The average Bonchev–Trinajstić information content (AvgIpc) is 2.40. The van der Waals surface area contributed by atoms with Crippen LogP contribution in [0.25, 0.3) is 0 Å². The number of aromatic nitrogens is 2. The number of halogens is 2. The summed E-state index contributed by atoms with van der Waals surface area (Å²) in [6.07, 6.45) is 1.42. The van der Waals surface area contributed by atoms with E-state index in [1.807, 2.05) is 0 Å². The van der Waals surface area contributed by atoms with Crippen molar-refractivity contribution in [2.24, 2.45) is 5.73 Å². The molecule has 106 valence electrons. The van der Waals surface area contributed by atoms with Crippen molar-refractivity contribution in [3.8, 4) is 0 Å². The Balaban J connectivity index is 2.42. The van der Waals surface area contributed by atoms with Gasteiger partial charge in [0.1, 0.15) is 5.82 Å². The Morgan fingerprint density at radius 1 is 1.25 bits per heavy atom. The van der Waals surface area contributed by atoms with E-state index in [-0.39, 0.29) is 31.0 Å². The van der Waals surface area contributed by atoms with E-state index in [2.05, 4.69) is 15.9 Å². The van der Waals surface area contributed by atoms with Crippen molar-refractivity contribution >= 4 is 15.9 Å². The Morgan fingerprint density at radius 3 is 2.65 bits per heavy atom. The number of hydrogen-bond donors (Lipinski definition) is 1. The molecule has 0 aliphatic rings. The lowest BCUT2D eigenvalue weighted by atomic mass is 10.2. The largest absolute Gasteiger partial charge is 0.331 e. The molecule has 0 spiro atoms. The smallest absolute Gasteiger partial charge is 0.329 e. The molecule has 0 amide bonds. The molecular weight excluding hydrogens is 329 g/mol. The van der Waals surface area contributed by atoms with E-state index in [0.29, 0.717) is 4.47 Å². The highest BCUT2D eigenvalue weighted by atomic mass is 79.9. The van der Waals surface area contributed by atoms with Crippen molar-refractivity contribution in [1.82, 2.24) is 9.13 Å². The van der Waals surface area contributed by atoms with Gasteiger partial charge in [0.05, 0.1) is 6.54 Å². The number of nitrogens with zero attached hydrogens (tertiary/aromatic N) is 2. The van der Waals surface area contributed by atoms with Crippen LogP contribution in [0.3, 0.4) is 0 Å². The third-order valence-corrected chi connectivity index (χ3v) is 3.59. The van der Waals surface area contributed by atoms with Gasteiger partial charge in [-0.25, -0.2) is 9.18 Å². The van der Waals surface area contributed by atoms with Gasteiger partial charge in [-0.3, -0.25) is 13.9 Å².